The van der Waals surface area contributed by atoms with Crippen LogP contribution in [0, 0.1) is 6.92 Å². The Kier molecular flexibility index (Phi) is 2.86. The number of anilines is 1. The van der Waals surface area contributed by atoms with E-state index in [1.807, 2.05) is 6.92 Å². The Hall–Kier alpha value is -0.770. The van der Waals surface area contributed by atoms with Crippen LogP contribution in [0.1, 0.15) is 18.4 Å². The predicted octanol–water partition coefficient (Wildman–Crippen LogP) is 2.73. The Morgan fingerprint density at radius 1 is 1.44 bits per heavy atom. The number of nitrogens with two attached hydrogens (primary N) is 1. The third-order valence-corrected chi connectivity index (χ3v) is 3.57. The number of hydrogen-bond acceptors (Lipinski definition) is 2. The fourth-order valence-electron chi connectivity index (χ4n) is 1.37. The second-order valence-electron chi connectivity index (χ2n) is 4.16. The first kappa shape index (κ1) is 11.7. The van der Waals surface area contributed by atoms with Crippen LogP contribution < -0.4 is 11.1 Å². The molecule has 0 atom stereocenters. The summed E-state index contributed by atoms with van der Waals surface area (Å²) in [6.45, 7) is 1.85. The maximum atomic E-state index is 11.8. The molecule has 3 N–H and O–H groups in total. The van der Waals surface area contributed by atoms with E-state index in [1.165, 1.54) is 0 Å². The molecule has 0 spiro atoms. The van der Waals surface area contributed by atoms with Crippen LogP contribution in [-0.2, 0) is 4.79 Å². The van der Waals surface area contributed by atoms with Gasteiger partial charge in [-0.15, -0.1) is 0 Å². The Morgan fingerprint density at radius 3 is 2.62 bits per heavy atom. The first-order valence-corrected chi connectivity index (χ1v) is 5.74. The van der Waals surface area contributed by atoms with E-state index in [9.17, 15) is 4.79 Å². The lowest BCUT2D eigenvalue weighted by atomic mass is 10.2. The molecule has 2 rings (SSSR count). The van der Waals surface area contributed by atoms with Gasteiger partial charge in [-0.1, -0.05) is 29.3 Å². The standard InChI is InChI=1S/C11H12Cl2N2O/c1-6-2-3-7(12)9(8(6)13)15-10(16)11(14)4-5-11/h2-3H,4-5,14H2,1H3,(H,15,16). The zero-order valence-corrected chi connectivity index (χ0v) is 10.3. The lowest BCUT2D eigenvalue weighted by Crippen LogP contribution is -2.38. The van der Waals surface area contributed by atoms with Gasteiger partial charge in [-0.05, 0) is 31.4 Å². The minimum Gasteiger partial charge on any atom is -0.322 e. The molecule has 1 saturated carbocycles. The average Bonchev–Trinajstić information content (AvgIpc) is 2.98. The molecule has 16 heavy (non-hydrogen) atoms. The van der Waals surface area contributed by atoms with Crippen molar-refractivity contribution in [2.75, 3.05) is 5.32 Å². The highest BCUT2D eigenvalue weighted by Gasteiger charge is 2.46. The zero-order valence-electron chi connectivity index (χ0n) is 8.81. The SMILES string of the molecule is Cc1ccc(Cl)c(NC(=O)C2(N)CC2)c1Cl. The minimum absolute atomic E-state index is 0.220. The Morgan fingerprint density at radius 2 is 2.06 bits per heavy atom. The van der Waals surface area contributed by atoms with E-state index < -0.39 is 5.54 Å². The molecule has 0 saturated heterocycles. The number of rotatable bonds is 2. The molecule has 3 nitrogen and oxygen atoms in total. The van der Waals surface area contributed by atoms with Crippen LogP contribution in [0.15, 0.2) is 12.1 Å². The van der Waals surface area contributed by atoms with Crippen molar-refractivity contribution in [3.63, 3.8) is 0 Å². The third-order valence-electron chi connectivity index (χ3n) is 2.76. The summed E-state index contributed by atoms with van der Waals surface area (Å²) in [5.41, 5.74) is 6.37. The third kappa shape index (κ3) is 2.03. The molecule has 0 aromatic heterocycles. The van der Waals surface area contributed by atoms with Crippen LogP contribution in [0.25, 0.3) is 0 Å². The van der Waals surface area contributed by atoms with Gasteiger partial charge < -0.3 is 11.1 Å². The van der Waals surface area contributed by atoms with Crippen LogP contribution in [0.5, 0.6) is 0 Å². The number of carbonyl (C=O) groups excluding carboxylic acids is 1. The first-order chi connectivity index (χ1) is 7.44. The monoisotopic (exact) mass is 258 g/mol. The van der Waals surface area contributed by atoms with Gasteiger partial charge in [0, 0.05) is 0 Å². The van der Waals surface area contributed by atoms with E-state index >= 15 is 0 Å². The lowest BCUT2D eigenvalue weighted by Gasteiger charge is -2.13. The molecule has 1 aliphatic rings. The highest BCUT2D eigenvalue weighted by molar-refractivity contribution is 6.40. The van der Waals surface area contributed by atoms with Crippen LogP contribution in [0.2, 0.25) is 10.0 Å². The lowest BCUT2D eigenvalue weighted by molar-refractivity contribution is -0.118. The zero-order chi connectivity index (χ0) is 11.9. The van der Waals surface area contributed by atoms with Gasteiger partial charge >= 0.3 is 0 Å². The minimum atomic E-state index is -0.726. The summed E-state index contributed by atoms with van der Waals surface area (Å²) in [5.74, 6) is -0.220. The highest BCUT2D eigenvalue weighted by atomic mass is 35.5. The fourth-order valence-corrected chi connectivity index (χ4v) is 1.84. The maximum Gasteiger partial charge on any atom is 0.244 e. The Balaban J connectivity index is 2.27. The molecule has 1 fully saturated rings. The topological polar surface area (TPSA) is 55.1 Å². The molecule has 1 aliphatic carbocycles. The molecule has 0 unspecified atom stereocenters. The molecular weight excluding hydrogens is 247 g/mol. The number of amides is 1. The number of hydrogen-bond donors (Lipinski definition) is 2. The quantitative estimate of drug-likeness (QED) is 0.857. The van der Waals surface area contributed by atoms with E-state index in [-0.39, 0.29) is 5.91 Å². The average molecular weight is 259 g/mol. The van der Waals surface area contributed by atoms with Gasteiger partial charge in [-0.3, -0.25) is 4.79 Å². The van der Waals surface area contributed by atoms with Gasteiger partial charge in [0.05, 0.1) is 21.3 Å². The summed E-state index contributed by atoms with van der Waals surface area (Å²) in [7, 11) is 0. The normalized spacial score (nSPS) is 17.0. The van der Waals surface area contributed by atoms with Crippen molar-refractivity contribution in [1.29, 1.82) is 0 Å². The van der Waals surface area contributed by atoms with Crippen LogP contribution in [-0.4, -0.2) is 11.4 Å². The fraction of sp³-hybridized carbons (Fsp3) is 0.364. The van der Waals surface area contributed by atoms with Crippen molar-refractivity contribution < 1.29 is 4.79 Å². The molecule has 0 radical (unpaired) electrons. The van der Waals surface area contributed by atoms with E-state index in [0.29, 0.717) is 28.6 Å². The molecule has 86 valence electrons. The summed E-state index contributed by atoms with van der Waals surface area (Å²) in [6.07, 6.45) is 1.42. The second kappa shape index (κ2) is 3.91. The smallest absolute Gasteiger partial charge is 0.244 e. The van der Waals surface area contributed by atoms with E-state index in [2.05, 4.69) is 5.32 Å². The number of benzene rings is 1. The van der Waals surface area contributed by atoms with Gasteiger partial charge in [-0.25, -0.2) is 0 Å². The maximum absolute atomic E-state index is 11.8. The van der Waals surface area contributed by atoms with Crippen molar-refractivity contribution in [3.05, 3.63) is 27.7 Å². The van der Waals surface area contributed by atoms with Crippen molar-refractivity contribution in [2.24, 2.45) is 5.73 Å². The summed E-state index contributed by atoms with van der Waals surface area (Å²) in [6, 6.07) is 3.50. The Labute approximate surface area is 104 Å². The summed E-state index contributed by atoms with van der Waals surface area (Å²) >= 11 is 12.0. The molecule has 1 aromatic rings. The molecule has 5 heteroatoms. The number of nitrogens with one attached hydrogen (secondary N) is 1. The molecule has 0 heterocycles. The highest BCUT2D eigenvalue weighted by Crippen LogP contribution is 2.37. The number of aryl methyl sites for hydroxylation is 1. The van der Waals surface area contributed by atoms with E-state index in [1.54, 1.807) is 12.1 Å². The van der Waals surface area contributed by atoms with Gasteiger partial charge in [-0.2, -0.15) is 0 Å². The summed E-state index contributed by atoms with van der Waals surface area (Å²) in [4.78, 5) is 11.8. The predicted molar refractivity (Wildman–Crippen MR) is 66.0 cm³/mol. The molecule has 0 aliphatic heterocycles. The van der Waals surface area contributed by atoms with E-state index in [0.717, 1.165) is 5.56 Å². The molecule has 0 bridgehead atoms. The second-order valence-corrected chi connectivity index (χ2v) is 4.95. The van der Waals surface area contributed by atoms with E-state index in [4.69, 9.17) is 28.9 Å². The Bertz CT molecular complexity index is 456. The van der Waals surface area contributed by atoms with Crippen molar-refractivity contribution in [1.82, 2.24) is 0 Å². The number of carbonyl (C=O) groups is 1. The van der Waals surface area contributed by atoms with Crippen LogP contribution in [0.3, 0.4) is 0 Å². The molecule has 1 aromatic carbocycles. The van der Waals surface area contributed by atoms with Gasteiger partial charge in [0.2, 0.25) is 5.91 Å². The van der Waals surface area contributed by atoms with Gasteiger partial charge in [0.15, 0.2) is 0 Å². The largest absolute Gasteiger partial charge is 0.322 e. The van der Waals surface area contributed by atoms with Crippen LogP contribution >= 0.6 is 23.2 Å². The summed E-state index contributed by atoms with van der Waals surface area (Å²) in [5, 5.41) is 3.58. The summed E-state index contributed by atoms with van der Waals surface area (Å²) < 4.78 is 0. The van der Waals surface area contributed by atoms with Crippen LogP contribution in [0.4, 0.5) is 5.69 Å². The molecule has 1 amide bonds. The van der Waals surface area contributed by atoms with Crippen molar-refractivity contribution in [2.45, 2.75) is 25.3 Å². The van der Waals surface area contributed by atoms with Crippen molar-refractivity contribution in [3.8, 4) is 0 Å². The van der Waals surface area contributed by atoms with Crippen molar-refractivity contribution >= 4 is 34.8 Å². The van der Waals surface area contributed by atoms with Gasteiger partial charge in [0.1, 0.15) is 0 Å². The number of halogens is 2. The molecular formula is C11H12Cl2N2O. The first-order valence-electron chi connectivity index (χ1n) is 4.99. The van der Waals surface area contributed by atoms with Gasteiger partial charge in [0.25, 0.3) is 0 Å².